The summed E-state index contributed by atoms with van der Waals surface area (Å²) in [6, 6.07) is 0. The fraction of sp³-hybridized carbons (Fsp3) is 1.00. The Balaban J connectivity index is 2.78. The van der Waals surface area contributed by atoms with Gasteiger partial charge in [0.2, 0.25) is 0 Å². The minimum atomic E-state index is -4.87. The third-order valence-electron chi connectivity index (χ3n) is 0.820. The highest BCUT2D eigenvalue weighted by Crippen LogP contribution is 2.44. The first-order chi connectivity index (χ1) is 4.35. The van der Waals surface area contributed by atoms with Crippen molar-refractivity contribution in [1.82, 2.24) is 0 Å². The molecule has 10 heavy (non-hydrogen) atoms. The van der Waals surface area contributed by atoms with Gasteiger partial charge in [-0.05, 0) is 0 Å². The molecule has 0 atom stereocenters. The van der Waals surface area contributed by atoms with Crippen molar-refractivity contribution in [3.05, 3.63) is 0 Å². The van der Waals surface area contributed by atoms with Gasteiger partial charge in [-0.25, -0.2) is 0 Å². The Hall–Kier alpha value is -0.430. The van der Waals surface area contributed by atoms with Crippen LogP contribution in [0.15, 0.2) is 0 Å². The molecule has 1 fully saturated rings. The molecule has 7 heteroatoms. The van der Waals surface area contributed by atoms with Gasteiger partial charge >= 0.3 is 18.8 Å². The largest absolute Gasteiger partial charge is 0.452 e. The average molecular weight is 164 g/mol. The molecule has 0 aromatic rings. The monoisotopic (exact) mass is 164 g/mol. The fourth-order valence-corrected chi connectivity index (χ4v) is 0.394. The highest BCUT2D eigenvalue weighted by atomic mass is 19.3. The summed E-state index contributed by atoms with van der Waals surface area (Å²) in [7, 11) is 0. The fourth-order valence-electron chi connectivity index (χ4n) is 0.394. The summed E-state index contributed by atoms with van der Waals surface area (Å²) in [6.45, 7) is -3.06. The first kappa shape index (κ1) is 7.67. The molecule has 0 saturated carbocycles. The first-order valence-electron chi connectivity index (χ1n) is 2.10. The average Bonchev–Trinajstić information content (AvgIpc) is 1.73. The zero-order valence-corrected chi connectivity index (χ0v) is 4.28. The van der Waals surface area contributed by atoms with Crippen molar-refractivity contribution in [2.24, 2.45) is 0 Å². The minimum Gasteiger partial charge on any atom is -0.254 e. The third-order valence-corrected chi connectivity index (χ3v) is 0.820. The van der Waals surface area contributed by atoms with E-state index in [1.54, 1.807) is 0 Å². The van der Waals surface area contributed by atoms with Gasteiger partial charge in [-0.3, -0.25) is 9.47 Å². The highest BCUT2D eigenvalue weighted by Gasteiger charge is 2.68. The van der Waals surface area contributed by atoms with Crippen molar-refractivity contribution in [3.8, 4) is 0 Å². The van der Waals surface area contributed by atoms with Crippen molar-refractivity contribution < 1.29 is 31.4 Å². The molecule has 0 amide bonds. The molecule has 0 N–H and O–H groups in total. The van der Waals surface area contributed by atoms with Gasteiger partial charge in [-0.2, -0.15) is 22.0 Å². The van der Waals surface area contributed by atoms with E-state index in [0.717, 1.165) is 0 Å². The van der Waals surface area contributed by atoms with E-state index in [-0.39, 0.29) is 0 Å². The van der Waals surface area contributed by atoms with E-state index in [1.807, 2.05) is 0 Å². The number of ether oxygens (including phenoxy) is 2. The van der Waals surface area contributed by atoms with Gasteiger partial charge in [0.25, 0.3) is 0 Å². The van der Waals surface area contributed by atoms with E-state index >= 15 is 0 Å². The maximum Gasteiger partial charge on any atom is 0.452 e. The second kappa shape index (κ2) is 1.79. The van der Waals surface area contributed by atoms with Crippen LogP contribution in [0.5, 0.6) is 0 Å². The molecule has 2 nitrogen and oxygen atoms in total. The van der Waals surface area contributed by atoms with E-state index in [2.05, 4.69) is 9.47 Å². The Labute approximate surface area is 51.5 Å². The van der Waals surface area contributed by atoms with Crippen LogP contribution in [0.2, 0.25) is 0 Å². The van der Waals surface area contributed by atoms with Crippen molar-refractivity contribution >= 4 is 0 Å². The van der Waals surface area contributed by atoms with Crippen LogP contribution in [-0.2, 0) is 9.47 Å². The number of halogens is 5. The second-order valence-corrected chi connectivity index (χ2v) is 1.54. The van der Waals surface area contributed by atoms with Gasteiger partial charge in [0, 0.05) is 0 Å². The molecule has 1 rings (SSSR count). The van der Waals surface area contributed by atoms with Crippen LogP contribution in [-0.4, -0.2) is 18.8 Å². The Bertz CT molecular complexity index is 130. The van der Waals surface area contributed by atoms with Crippen LogP contribution in [0, 0.1) is 0 Å². The molecule has 0 spiro atoms. The summed E-state index contributed by atoms with van der Waals surface area (Å²) in [6.07, 6.45) is -9.74. The van der Waals surface area contributed by atoms with E-state index in [1.165, 1.54) is 0 Å². The van der Waals surface area contributed by atoms with Crippen LogP contribution in [0.3, 0.4) is 0 Å². The van der Waals surface area contributed by atoms with Crippen LogP contribution in [0.1, 0.15) is 0 Å². The Morgan fingerprint density at radius 3 is 1.30 bits per heavy atom. The van der Waals surface area contributed by atoms with Gasteiger partial charge in [-0.1, -0.05) is 0 Å². The zero-order valence-electron chi connectivity index (χ0n) is 4.28. The lowest BCUT2D eigenvalue weighted by Crippen LogP contribution is -2.36. The molecule has 60 valence electrons. The van der Waals surface area contributed by atoms with E-state index < -0.39 is 18.8 Å². The molecule has 0 radical (unpaired) electrons. The van der Waals surface area contributed by atoms with E-state index in [4.69, 9.17) is 0 Å². The summed E-state index contributed by atoms with van der Waals surface area (Å²) < 4.78 is 63.6. The SMILES string of the molecule is FC1OC(F)(F)C(F)(F)O1. The van der Waals surface area contributed by atoms with Crippen LogP contribution < -0.4 is 0 Å². The molecule has 0 bridgehead atoms. The highest BCUT2D eigenvalue weighted by molar-refractivity contribution is 4.70. The Morgan fingerprint density at radius 2 is 1.20 bits per heavy atom. The van der Waals surface area contributed by atoms with Gasteiger partial charge in [0.05, 0.1) is 0 Å². The molecule has 1 aliphatic rings. The van der Waals surface area contributed by atoms with Crippen LogP contribution >= 0.6 is 0 Å². The van der Waals surface area contributed by atoms with E-state index in [0.29, 0.717) is 0 Å². The molecular weight excluding hydrogens is 163 g/mol. The molecular formula is C3HF5O2. The Morgan fingerprint density at radius 1 is 0.900 bits per heavy atom. The Kier molecular flexibility index (Phi) is 1.37. The molecule has 1 heterocycles. The molecule has 0 aromatic carbocycles. The van der Waals surface area contributed by atoms with Gasteiger partial charge in [-0.15, -0.1) is 0 Å². The summed E-state index contributed by atoms with van der Waals surface area (Å²) >= 11 is 0. The summed E-state index contributed by atoms with van der Waals surface area (Å²) in [5.74, 6) is 0. The number of rotatable bonds is 0. The first-order valence-corrected chi connectivity index (χ1v) is 2.10. The number of alkyl halides is 5. The predicted octanol–water partition coefficient (Wildman–Crippen LogP) is 1.47. The predicted molar refractivity (Wildman–Crippen MR) is 17.0 cm³/mol. The summed E-state index contributed by atoms with van der Waals surface area (Å²) in [4.78, 5) is 0. The summed E-state index contributed by atoms with van der Waals surface area (Å²) in [5.41, 5.74) is 0. The lowest BCUT2D eigenvalue weighted by molar-refractivity contribution is -0.344. The number of hydrogen-bond acceptors (Lipinski definition) is 2. The quantitative estimate of drug-likeness (QED) is 0.504. The lowest BCUT2D eigenvalue weighted by atomic mass is 10.6. The van der Waals surface area contributed by atoms with Crippen molar-refractivity contribution in [1.29, 1.82) is 0 Å². The van der Waals surface area contributed by atoms with E-state index in [9.17, 15) is 22.0 Å². The smallest absolute Gasteiger partial charge is 0.254 e. The maximum absolute atomic E-state index is 11.6. The van der Waals surface area contributed by atoms with Gasteiger partial charge < -0.3 is 0 Å². The molecule has 1 aliphatic heterocycles. The molecule has 1 saturated heterocycles. The maximum atomic E-state index is 11.6. The molecule has 0 aromatic heterocycles. The lowest BCUT2D eigenvalue weighted by Gasteiger charge is -2.11. The molecule has 0 unspecified atom stereocenters. The number of hydrogen-bond donors (Lipinski definition) is 0. The van der Waals surface area contributed by atoms with Crippen LogP contribution in [0.25, 0.3) is 0 Å². The second-order valence-electron chi connectivity index (χ2n) is 1.54. The topological polar surface area (TPSA) is 18.5 Å². The normalized spacial score (nSPS) is 30.9. The minimum absolute atomic E-state index is 2.79. The van der Waals surface area contributed by atoms with Crippen molar-refractivity contribution in [3.63, 3.8) is 0 Å². The third kappa shape index (κ3) is 0.948. The summed E-state index contributed by atoms with van der Waals surface area (Å²) in [5, 5.41) is 0. The standard InChI is InChI=1S/C3HF5O2/c4-1-9-2(5,6)3(7,8)10-1/h1H. The zero-order chi connectivity index (χ0) is 7.99. The van der Waals surface area contributed by atoms with Crippen molar-refractivity contribution in [2.45, 2.75) is 18.8 Å². The van der Waals surface area contributed by atoms with Crippen LogP contribution in [0.4, 0.5) is 22.0 Å². The van der Waals surface area contributed by atoms with Gasteiger partial charge in [0.1, 0.15) is 0 Å². The molecule has 0 aliphatic carbocycles. The van der Waals surface area contributed by atoms with Gasteiger partial charge in [0.15, 0.2) is 0 Å². The van der Waals surface area contributed by atoms with Crippen molar-refractivity contribution in [2.75, 3.05) is 0 Å².